The van der Waals surface area contributed by atoms with Crippen LogP contribution >= 0.6 is 34.5 Å². The van der Waals surface area contributed by atoms with E-state index in [9.17, 15) is 0 Å². The van der Waals surface area contributed by atoms with Crippen molar-refractivity contribution in [2.45, 2.75) is 0 Å². The fourth-order valence-electron chi connectivity index (χ4n) is 1.14. The SMILES string of the molecule is C=Cc1sccc1Nc1nc(Cl)ncc1Cl. The Hall–Kier alpha value is -1.10. The van der Waals surface area contributed by atoms with E-state index in [4.69, 9.17) is 23.2 Å². The summed E-state index contributed by atoms with van der Waals surface area (Å²) >= 11 is 13.2. The van der Waals surface area contributed by atoms with E-state index in [1.165, 1.54) is 6.20 Å². The molecule has 2 rings (SSSR count). The minimum absolute atomic E-state index is 0.155. The average molecular weight is 272 g/mol. The van der Waals surface area contributed by atoms with E-state index in [0.29, 0.717) is 10.8 Å². The summed E-state index contributed by atoms with van der Waals surface area (Å²) in [5, 5.41) is 5.62. The Balaban J connectivity index is 2.33. The lowest BCUT2D eigenvalue weighted by molar-refractivity contribution is 1.17. The van der Waals surface area contributed by atoms with Gasteiger partial charge in [-0.3, -0.25) is 0 Å². The fraction of sp³-hybridized carbons (Fsp3) is 0. The molecule has 2 aromatic rings. The van der Waals surface area contributed by atoms with E-state index in [1.54, 1.807) is 17.4 Å². The van der Waals surface area contributed by atoms with Crippen molar-refractivity contribution in [3.8, 4) is 0 Å². The van der Waals surface area contributed by atoms with Gasteiger partial charge in [-0.15, -0.1) is 11.3 Å². The van der Waals surface area contributed by atoms with Crippen LogP contribution in [0.2, 0.25) is 10.3 Å². The molecule has 2 heterocycles. The highest BCUT2D eigenvalue weighted by Crippen LogP contribution is 2.29. The van der Waals surface area contributed by atoms with E-state index < -0.39 is 0 Å². The third-order valence-corrected chi connectivity index (χ3v) is 3.22. The Kier molecular flexibility index (Phi) is 3.43. The molecule has 0 saturated carbocycles. The molecule has 0 aliphatic rings. The van der Waals surface area contributed by atoms with Crippen molar-refractivity contribution in [2.75, 3.05) is 5.32 Å². The number of thiophene rings is 1. The molecular formula is C10H7Cl2N3S. The molecule has 0 aromatic carbocycles. The highest BCUT2D eigenvalue weighted by atomic mass is 35.5. The summed E-state index contributed by atoms with van der Waals surface area (Å²) in [6, 6.07) is 1.92. The van der Waals surface area contributed by atoms with Crippen molar-refractivity contribution in [1.29, 1.82) is 0 Å². The lowest BCUT2D eigenvalue weighted by atomic mass is 10.4. The van der Waals surface area contributed by atoms with Crippen LogP contribution in [-0.2, 0) is 0 Å². The van der Waals surface area contributed by atoms with Crippen LogP contribution < -0.4 is 5.32 Å². The van der Waals surface area contributed by atoms with Gasteiger partial charge < -0.3 is 5.32 Å². The molecule has 0 saturated heterocycles. The number of hydrogen-bond donors (Lipinski definition) is 1. The van der Waals surface area contributed by atoms with Crippen molar-refractivity contribution in [1.82, 2.24) is 9.97 Å². The van der Waals surface area contributed by atoms with Gasteiger partial charge >= 0.3 is 0 Å². The van der Waals surface area contributed by atoms with Crippen molar-refractivity contribution < 1.29 is 0 Å². The van der Waals surface area contributed by atoms with E-state index in [-0.39, 0.29) is 5.28 Å². The number of aromatic nitrogens is 2. The zero-order chi connectivity index (χ0) is 11.5. The van der Waals surface area contributed by atoms with E-state index >= 15 is 0 Å². The average Bonchev–Trinajstić information content (AvgIpc) is 2.71. The number of halogens is 2. The van der Waals surface area contributed by atoms with Gasteiger partial charge in [0.1, 0.15) is 5.02 Å². The molecule has 0 fully saturated rings. The molecule has 1 N–H and O–H groups in total. The zero-order valence-electron chi connectivity index (χ0n) is 8.08. The number of hydrogen-bond acceptors (Lipinski definition) is 4. The molecule has 0 aliphatic carbocycles. The maximum atomic E-state index is 5.94. The molecule has 0 amide bonds. The molecule has 3 nitrogen and oxygen atoms in total. The Bertz CT molecular complexity index is 525. The molecule has 0 bridgehead atoms. The molecule has 0 atom stereocenters. The normalized spacial score (nSPS) is 10.1. The summed E-state index contributed by atoms with van der Waals surface area (Å²) in [5.41, 5.74) is 0.900. The first-order chi connectivity index (χ1) is 7.70. The summed E-state index contributed by atoms with van der Waals surface area (Å²) in [6.45, 7) is 3.72. The van der Waals surface area contributed by atoms with Gasteiger partial charge in [-0.05, 0) is 23.0 Å². The number of anilines is 2. The van der Waals surface area contributed by atoms with Gasteiger partial charge in [0.05, 0.1) is 11.9 Å². The molecular weight excluding hydrogens is 265 g/mol. The highest BCUT2D eigenvalue weighted by molar-refractivity contribution is 7.11. The molecule has 0 unspecified atom stereocenters. The van der Waals surface area contributed by atoms with Gasteiger partial charge in [-0.1, -0.05) is 24.3 Å². The Morgan fingerprint density at radius 3 is 3.00 bits per heavy atom. The summed E-state index contributed by atoms with van der Waals surface area (Å²) in [5.74, 6) is 0.489. The largest absolute Gasteiger partial charge is 0.338 e. The highest BCUT2D eigenvalue weighted by Gasteiger charge is 2.07. The second-order valence-electron chi connectivity index (χ2n) is 2.86. The van der Waals surface area contributed by atoms with Crippen LogP contribution in [0, 0.1) is 0 Å². The first-order valence-corrected chi connectivity index (χ1v) is 5.99. The summed E-state index contributed by atoms with van der Waals surface area (Å²) in [4.78, 5) is 8.80. The van der Waals surface area contributed by atoms with Crippen molar-refractivity contribution in [2.24, 2.45) is 0 Å². The van der Waals surface area contributed by atoms with Crippen LogP contribution in [0.25, 0.3) is 6.08 Å². The lowest BCUT2D eigenvalue weighted by Crippen LogP contribution is -1.96. The molecule has 0 radical (unpaired) electrons. The topological polar surface area (TPSA) is 37.8 Å². The summed E-state index contributed by atoms with van der Waals surface area (Å²) < 4.78 is 0. The van der Waals surface area contributed by atoms with Gasteiger partial charge in [-0.25, -0.2) is 4.98 Å². The molecule has 6 heteroatoms. The van der Waals surface area contributed by atoms with Crippen LogP contribution in [-0.4, -0.2) is 9.97 Å². The minimum Gasteiger partial charge on any atom is -0.338 e. The maximum absolute atomic E-state index is 5.94. The van der Waals surface area contributed by atoms with Gasteiger partial charge in [0, 0.05) is 4.88 Å². The van der Waals surface area contributed by atoms with Gasteiger partial charge in [-0.2, -0.15) is 4.98 Å². The Labute approximate surface area is 107 Å². The fourth-order valence-corrected chi connectivity index (χ4v) is 2.11. The van der Waals surface area contributed by atoms with Gasteiger partial charge in [0.15, 0.2) is 5.82 Å². The number of nitrogens with one attached hydrogen (secondary N) is 1. The van der Waals surface area contributed by atoms with Gasteiger partial charge in [0.25, 0.3) is 0 Å². The Morgan fingerprint density at radius 2 is 2.25 bits per heavy atom. The second kappa shape index (κ2) is 4.82. The predicted molar refractivity (Wildman–Crippen MR) is 69.7 cm³/mol. The maximum Gasteiger partial charge on any atom is 0.224 e. The van der Waals surface area contributed by atoms with Crippen molar-refractivity contribution in [3.05, 3.63) is 39.4 Å². The molecule has 16 heavy (non-hydrogen) atoms. The summed E-state index contributed by atoms with van der Waals surface area (Å²) in [7, 11) is 0. The molecule has 2 aromatic heterocycles. The van der Waals surface area contributed by atoms with Crippen molar-refractivity contribution in [3.63, 3.8) is 0 Å². The smallest absolute Gasteiger partial charge is 0.224 e. The van der Waals surface area contributed by atoms with Crippen LogP contribution in [0.5, 0.6) is 0 Å². The van der Waals surface area contributed by atoms with E-state index in [0.717, 1.165) is 10.6 Å². The number of nitrogens with zero attached hydrogens (tertiary/aromatic N) is 2. The molecule has 0 aliphatic heterocycles. The monoisotopic (exact) mass is 271 g/mol. The third kappa shape index (κ3) is 2.35. The van der Waals surface area contributed by atoms with Crippen LogP contribution in [0.4, 0.5) is 11.5 Å². The van der Waals surface area contributed by atoms with Gasteiger partial charge in [0.2, 0.25) is 5.28 Å². The number of rotatable bonds is 3. The van der Waals surface area contributed by atoms with E-state index in [1.807, 2.05) is 11.4 Å². The van der Waals surface area contributed by atoms with Crippen LogP contribution in [0.15, 0.2) is 24.2 Å². The zero-order valence-corrected chi connectivity index (χ0v) is 10.4. The third-order valence-electron chi connectivity index (χ3n) is 1.85. The second-order valence-corrected chi connectivity index (χ2v) is 4.56. The molecule has 82 valence electrons. The van der Waals surface area contributed by atoms with Crippen LogP contribution in [0.3, 0.4) is 0 Å². The Morgan fingerprint density at radius 1 is 1.44 bits per heavy atom. The first-order valence-electron chi connectivity index (χ1n) is 4.35. The standard InChI is InChI=1S/C10H7Cl2N3S/c1-2-8-7(3-4-16-8)14-9-6(11)5-13-10(12)15-9/h2-5H,1H2,(H,13,14,15). The minimum atomic E-state index is 0.155. The quantitative estimate of drug-likeness (QED) is 0.849. The predicted octanol–water partition coefficient (Wildman–Crippen LogP) is 4.23. The van der Waals surface area contributed by atoms with Crippen LogP contribution in [0.1, 0.15) is 4.88 Å². The first kappa shape index (κ1) is 11.4. The lowest BCUT2D eigenvalue weighted by Gasteiger charge is -2.06. The van der Waals surface area contributed by atoms with Crippen molar-refractivity contribution >= 4 is 52.1 Å². The summed E-state index contributed by atoms with van der Waals surface area (Å²) in [6.07, 6.45) is 3.23. The van der Waals surface area contributed by atoms with E-state index in [2.05, 4.69) is 21.9 Å². The molecule has 0 spiro atoms.